The Hall–Kier alpha value is -3.48. The Kier molecular flexibility index (Phi) is 6.58. The second-order valence-corrected chi connectivity index (χ2v) is 8.24. The molecule has 3 aromatic carbocycles. The molecular formula is C25H20Cl2N2O4. The standard InChI is InChI=1S/C25H20Cl2N2O4/c1-15-3-9-19(13-21(15)27)29-25(31)20(24(30)28-29)11-17-6-10-22(23(12-17)32-2)33-14-16-4-7-18(26)8-5-16/h3-13H,14H2,1-2H3,(H,28,30). The van der Waals surface area contributed by atoms with Gasteiger partial charge in [-0.25, -0.2) is 5.01 Å². The second kappa shape index (κ2) is 9.57. The van der Waals surface area contributed by atoms with Crippen molar-refractivity contribution >= 4 is 46.8 Å². The van der Waals surface area contributed by atoms with Crippen LogP contribution in [0, 0.1) is 6.92 Å². The Labute approximate surface area is 201 Å². The highest BCUT2D eigenvalue weighted by atomic mass is 35.5. The van der Waals surface area contributed by atoms with Gasteiger partial charge in [0.1, 0.15) is 12.2 Å². The summed E-state index contributed by atoms with van der Waals surface area (Å²) in [5.74, 6) is 0.0414. The van der Waals surface area contributed by atoms with E-state index in [2.05, 4.69) is 5.43 Å². The maximum atomic E-state index is 12.9. The van der Waals surface area contributed by atoms with E-state index < -0.39 is 11.8 Å². The quantitative estimate of drug-likeness (QED) is 0.379. The summed E-state index contributed by atoms with van der Waals surface area (Å²) in [7, 11) is 1.53. The molecule has 0 atom stereocenters. The average Bonchev–Trinajstić information content (AvgIpc) is 3.09. The molecule has 0 bridgehead atoms. The fraction of sp³-hybridized carbons (Fsp3) is 0.120. The molecule has 0 saturated carbocycles. The van der Waals surface area contributed by atoms with Crippen molar-refractivity contribution in [3.8, 4) is 11.5 Å². The van der Waals surface area contributed by atoms with Crippen LogP contribution in [0.5, 0.6) is 11.5 Å². The third kappa shape index (κ3) is 4.97. The molecule has 1 saturated heterocycles. The van der Waals surface area contributed by atoms with Gasteiger partial charge < -0.3 is 9.47 Å². The molecule has 0 aromatic heterocycles. The number of ether oxygens (including phenoxy) is 2. The topological polar surface area (TPSA) is 67.9 Å². The minimum absolute atomic E-state index is 0.00332. The monoisotopic (exact) mass is 482 g/mol. The van der Waals surface area contributed by atoms with E-state index in [0.717, 1.165) is 11.1 Å². The zero-order valence-electron chi connectivity index (χ0n) is 17.9. The number of nitrogens with zero attached hydrogens (tertiary/aromatic N) is 1. The molecule has 2 amide bonds. The third-order valence-corrected chi connectivity index (χ3v) is 5.77. The predicted octanol–water partition coefficient (Wildman–Crippen LogP) is 5.35. The van der Waals surface area contributed by atoms with Crippen molar-refractivity contribution in [3.63, 3.8) is 0 Å². The number of rotatable bonds is 6. The van der Waals surface area contributed by atoms with Gasteiger partial charge in [0.15, 0.2) is 11.5 Å². The van der Waals surface area contributed by atoms with E-state index >= 15 is 0 Å². The van der Waals surface area contributed by atoms with Crippen molar-refractivity contribution in [2.24, 2.45) is 0 Å². The summed E-state index contributed by atoms with van der Waals surface area (Å²) in [4.78, 5) is 25.4. The van der Waals surface area contributed by atoms with E-state index in [1.807, 2.05) is 19.1 Å². The molecule has 8 heteroatoms. The van der Waals surface area contributed by atoms with Gasteiger partial charge in [0.25, 0.3) is 11.8 Å². The first-order valence-electron chi connectivity index (χ1n) is 10.0. The smallest absolute Gasteiger partial charge is 0.282 e. The normalized spacial score (nSPS) is 14.5. The molecule has 4 rings (SSSR count). The summed E-state index contributed by atoms with van der Waals surface area (Å²) < 4.78 is 11.3. The highest BCUT2D eigenvalue weighted by molar-refractivity contribution is 6.33. The van der Waals surface area contributed by atoms with Gasteiger partial charge in [0.05, 0.1) is 12.8 Å². The molecule has 1 heterocycles. The maximum absolute atomic E-state index is 12.9. The lowest BCUT2D eigenvalue weighted by molar-refractivity contribution is -0.117. The van der Waals surface area contributed by atoms with Gasteiger partial charge >= 0.3 is 0 Å². The number of aryl methyl sites for hydroxylation is 1. The molecule has 6 nitrogen and oxygen atoms in total. The molecule has 1 N–H and O–H groups in total. The number of hydrogen-bond donors (Lipinski definition) is 1. The summed E-state index contributed by atoms with van der Waals surface area (Å²) in [6, 6.07) is 17.7. The number of nitrogens with one attached hydrogen (secondary N) is 1. The first kappa shape index (κ1) is 22.7. The minimum Gasteiger partial charge on any atom is -0.493 e. The largest absolute Gasteiger partial charge is 0.493 e. The lowest BCUT2D eigenvalue weighted by atomic mass is 10.1. The first-order chi connectivity index (χ1) is 15.9. The van der Waals surface area contributed by atoms with E-state index in [1.54, 1.807) is 48.5 Å². The van der Waals surface area contributed by atoms with E-state index in [1.165, 1.54) is 18.2 Å². The van der Waals surface area contributed by atoms with Crippen molar-refractivity contribution in [3.05, 3.63) is 93.0 Å². The van der Waals surface area contributed by atoms with Crippen LogP contribution in [0.1, 0.15) is 16.7 Å². The number of methoxy groups -OCH3 is 1. The number of carbonyl (C=O) groups is 2. The fourth-order valence-corrected chi connectivity index (χ4v) is 3.56. The predicted molar refractivity (Wildman–Crippen MR) is 129 cm³/mol. The van der Waals surface area contributed by atoms with Gasteiger partial charge in [-0.15, -0.1) is 0 Å². The number of hydrogen-bond acceptors (Lipinski definition) is 4. The highest BCUT2D eigenvalue weighted by Crippen LogP contribution is 2.31. The summed E-state index contributed by atoms with van der Waals surface area (Å²) in [5.41, 5.74) is 5.51. The fourth-order valence-electron chi connectivity index (χ4n) is 3.26. The summed E-state index contributed by atoms with van der Waals surface area (Å²) in [6.07, 6.45) is 1.51. The van der Waals surface area contributed by atoms with Gasteiger partial charge in [0, 0.05) is 10.0 Å². The Balaban J connectivity index is 1.54. The molecular weight excluding hydrogens is 463 g/mol. The van der Waals surface area contributed by atoms with Crippen LogP contribution in [-0.4, -0.2) is 18.9 Å². The lowest BCUT2D eigenvalue weighted by Crippen LogP contribution is -2.35. The van der Waals surface area contributed by atoms with Gasteiger partial charge in [0.2, 0.25) is 0 Å². The molecule has 1 aliphatic heterocycles. The van der Waals surface area contributed by atoms with Crippen LogP contribution in [0.15, 0.2) is 66.2 Å². The molecule has 1 aliphatic rings. The van der Waals surface area contributed by atoms with Crippen LogP contribution < -0.4 is 19.9 Å². The Morgan fingerprint density at radius 1 is 0.970 bits per heavy atom. The minimum atomic E-state index is -0.501. The Morgan fingerprint density at radius 3 is 2.42 bits per heavy atom. The van der Waals surface area contributed by atoms with Crippen molar-refractivity contribution < 1.29 is 19.1 Å². The van der Waals surface area contributed by atoms with Gasteiger partial charge in [-0.3, -0.25) is 15.0 Å². The number of anilines is 1. The summed E-state index contributed by atoms with van der Waals surface area (Å²) in [6.45, 7) is 2.20. The van der Waals surface area contributed by atoms with Gasteiger partial charge in [-0.05, 0) is 66.1 Å². The van der Waals surface area contributed by atoms with Crippen LogP contribution in [-0.2, 0) is 16.2 Å². The first-order valence-corrected chi connectivity index (χ1v) is 10.8. The number of hydrazine groups is 1. The van der Waals surface area contributed by atoms with Crippen molar-refractivity contribution in [1.82, 2.24) is 5.43 Å². The molecule has 33 heavy (non-hydrogen) atoms. The zero-order valence-corrected chi connectivity index (χ0v) is 19.4. The van der Waals surface area contributed by atoms with E-state index in [-0.39, 0.29) is 5.57 Å². The van der Waals surface area contributed by atoms with Crippen LogP contribution in [0.2, 0.25) is 10.0 Å². The van der Waals surface area contributed by atoms with E-state index in [9.17, 15) is 9.59 Å². The molecule has 0 unspecified atom stereocenters. The van der Waals surface area contributed by atoms with E-state index in [0.29, 0.717) is 39.4 Å². The highest BCUT2D eigenvalue weighted by Gasteiger charge is 2.34. The SMILES string of the molecule is COc1cc(C=C2C(=O)NN(c3ccc(C)c(Cl)c3)C2=O)ccc1OCc1ccc(Cl)cc1. The zero-order chi connectivity index (χ0) is 23.5. The molecule has 0 radical (unpaired) electrons. The lowest BCUT2D eigenvalue weighted by Gasteiger charge is -2.15. The molecule has 168 valence electrons. The van der Waals surface area contributed by atoms with Crippen LogP contribution in [0.25, 0.3) is 6.08 Å². The van der Waals surface area contributed by atoms with Crippen LogP contribution in [0.3, 0.4) is 0 Å². The van der Waals surface area contributed by atoms with Crippen molar-refractivity contribution in [2.75, 3.05) is 12.1 Å². The van der Waals surface area contributed by atoms with Crippen molar-refractivity contribution in [1.29, 1.82) is 0 Å². The molecule has 0 spiro atoms. The van der Waals surface area contributed by atoms with Crippen molar-refractivity contribution in [2.45, 2.75) is 13.5 Å². The Morgan fingerprint density at radius 2 is 1.73 bits per heavy atom. The van der Waals surface area contributed by atoms with Gasteiger partial charge in [-0.2, -0.15) is 0 Å². The van der Waals surface area contributed by atoms with E-state index in [4.69, 9.17) is 32.7 Å². The molecule has 0 aliphatic carbocycles. The van der Waals surface area contributed by atoms with Gasteiger partial charge in [-0.1, -0.05) is 47.5 Å². The number of halogens is 2. The molecule has 3 aromatic rings. The second-order valence-electron chi connectivity index (χ2n) is 7.40. The summed E-state index contributed by atoms with van der Waals surface area (Å²) in [5, 5.41) is 2.34. The maximum Gasteiger partial charge on any atom is 0.282 e. The number of carbonyl (C=O) groups excluding carboxylic acids is 2. The van der Waals surface area contributed by atoms with Crippen LogP contribution >= 0.6 is 23.2 Å². The average molecular weight is 483 g/mol. The Bertz CT molecular complexity index is 1260. The third-order valence-electron chi connectivity index (χ3n) is 5.11. The molecule has 1 fully saturated rings. The van der Waals surface area contributed by atoms with Crippen LogP contribution in [0.4, 0.5) is 5.69 Å². The number of amides is 2. The number of benzene rings is 3. The summed E-state index contributed by atoms with van der Waals surface area (Å²) >= 11 is 12.1.